The van der Waals surface area contributed by atoms with Gasteiger partial charge in [-0.15, -0.1) is 0 Å². The molecule has 0 amide bonds. The summed E-state index contributed by atoms with van der Waals surface area (Å²) in [5.41, 5.74) is 5.93. The van der Waals surface area contributed by atoms with E-state index in [2.05, 4.69) is 53.7 Å². The van der Waals surface area contributed by atoms with Crippen LogP contribution in [0.25, 0.3) is 0 Å². The fourth-order valence-electron chi connectivity index (χ4n) is 2.60. The Hall–Kier alpha value is -0.820. The minimum Gasteiger partial charge on any atom is -0.368 e. The van der Waals surface area contributed by atoms with Crippen LogP contribution in [0.5, 0.6) is 0 Å². The Labute approximate surface area is 112 Å². The van der Waals surface area contributed by atoms with Gasteiger partial charge in [-0.25, -0.2) is 0 Å². The van der Waals surface area contributed by atoms with Crippen molar-refractivity contribution in [3.8, 4) is 0 Å². The van der Waals surface area contributed by atoms with Gasteiger partial charge >= 0.3 is 0 Å². The Bertz CT molecular complexity index is 396. The molecular formula is C17H26O. The van der Waals surface area contributed by atoms with Gasteiger partial charge in [0.1, 0.15) is 6.10 Å². The summed E-state index contributed by atoms with van der Waals surface area (Å²) < 4.78 is 5.58. The van der Waals surface area contributed by atoms with Gasteiger partial charge in [-0.3, -0.25) is 0 Å². The lowest BCUT2D eigenvalue weighted by Gasteiger charge is -2.21. The maximum Gasteiger partial charge on any atom is 0.107 e. The topological polar surface area (TPSA) is 12.5 Å². The summed E-state index contributed by atoms with van der Waals surface area (Å²) >= 11 is 0. The van der Waals surface area contributed by atoms with Crippen molar-refractivity contribution in [3.05, 3.63) is 34.4 Å². The second-order valence-electron chi connectivity index (χ2n) is 6.40. The molecule has 18 heavy (non-hydrogen) atoms. The summed E-state index contributed by atoms with van der Waals surface area (Å²) in [5.74, 6) is 1.73. The van der Waals surface area contributed by atoms with Crippen molar-refractivity contribution in [1.29, 1.82) is 0 Å². The van der Waals surface area contributed by atoms with E-state index in [4.69, 9.17) is 4.74 Å². The van der Waals surface area contributed by atoms with Crippen molar-refractivity contribution in [1.82, 2.24) is 0 Å². The molecule has 1 heteroatoms. The van der Waals surface area contributed by atoms with Crippen LogP contribution in [0, 0.1) is 0 Å². The van der Waals surface area contributed by atoms with Crippen molar-refractivity contribution >= 4 is 0 Å². The van der Waals surface area contributed by atoms with E-state index in [-0.39, 0.29) is 0 Å². The van der Waals surface area contributed by atoms with Crippen molar-refractivity contribution in [2.24, 2.45) is 0 Å². The van der Waals surface area contributed by atoms with Gasteiger partial charge in [0.15, 0.2) is 0 Å². The lowest BCUT2D eigenvalue weighted by atomic mass is 9.83. The van der Waals surface area contributed by atoms with Crippen LogP contribution in [0.2, 0.25) is 0 Å². The molecule has 1 aromatic carbocycles. The van der Waals surface area contributed by atoms with Gasteiger partial charge in [-0.2, -0.15) is 0 Å². The highest BCUT2D eigenvalue weighted by molar-refractivity contribution is 5.46. The zero-order chi connectivity index (χ0) is 13.4. The van der Waals surface area contributed by atoms with Crippen LogP contribution >= 0.6 is 0 Å². The van der Waals surface area contributed by atoms with Gasteiger partial charge in [-0.05, 0) is 40.0 Å². The van der Waals surface area contributed by atoms with E-state index in [1.807, 2.05) is 0 Å². The largest absolute Gasteiger partial charge is 0.368 e. The molecule has 0 aliphatic carbocycles. The standard InChI is InChI=1S/C17H26O/c1-10(2)13-7-14(11(3)4)17(16-9-18-16)15(8-13)12(5)6/h7-8,10-12,16H,9H2,1-6H3. The molecule has 0 spiro atoms. The maximum absolute atomic E-state index is 5.58. The first kappa shape index (κ1) is 13.6. The van der Waals surface area contributed by atoms with Crippen molar-refractivity contribution in [2.75, 3.05) is 6.61 Å². The van der Waals surface area contributed by atoms with E-state index < -0.39 is 0 Å². The fraction of sp³-hybridized carbons (Fsp3) is 0.647. The van der Waals surface area contributed by atoms with Crippen LogP contribution in [0.15, 0.2) is 12.1 Å². The van der Waals surface area contributed by atoms with Crippen LogP contribution in [0.3, 0.4) is 0 Å². The Morgan fingerprint density at radius 2 is 1.33 bits per heavy atom. The molecule has 0 N–H and O–H groups in total. The molecule has 1 saturated heterocycles. The van der Waals surface area contributed by atoms with Gasteiger partial charge in [0.05, 0.1) is 6.61 Å². The number of hydrogen-bond acceptors (Lipinski definition) is 1. The molecule has 0 bridgehead atoms. The van der Waals surface area contributed by atoms with E-state index in [0.29, 0.717) is 23.9 Å². The number of hydrogen-bond donors (Lipinski definition) is 0. The van der Waals surface area contributed by atoms with E-state index in [0.717, 1.165) is 6.61 Å². The SMILES string of the molecule is CC(C)c1cc(C(C)C)c(C2CO2)c(C(C)C)c1. The molecule has 0 radical (unpaired) electrons. The Balaban J connectivity index is 2.60. The molecule has 1 aromatic rings. The highest BCUT2D eigenvalue weighted by Gasteiger charge is 2.31. The predicted octanol–water partition coefficient (Wildman–Crippen LogP) is 5.13. The van der Waals surface area contributed by atoms with Crippen molar-refractivity contribution in [3.63, 3.8) is 0 Å². The minimum absolute atomic E-state index is 0.362. The van der Waals surface area contributed by atoms with E-state index in [1.54, 1.807) is 0 Å². The molecule has 0 aromatic heterocycles. The third-order valence-corrected chi connectivity index (χ3v) is 3.83. The monoisotopic (exact) mass is 246 g/mol. The number of benzene rings is 1. The second kappa shape index (κ2) is 5.05. The summed E-state index contributed by atoms with van der Waals surface area (Å²) in [6.45, 7) is 14.6. The van der Waals surface area contributed by atoms with Gasteiger partial charge in [0, 0.05) is 0 Å². The maximum atomic E-state index is 5.58. The van der Waals surface area contributed by atoms with Crippen LogP contribution in [0.1, 0.15) is 87.7 Å². The lowest BCUT2D eigenvalue weighted by molar-refractivity contribution is 0.412. The summed E-state index contributed by atoms with van der Waals surface area (Å²) in [6.07, 6.45) is 0.362. The summed E-state index contributed by atoms with van der Waals surface area (Å²) in [4.78, 5) is 0. The Morgan fingerprint density at radius 1 is 0.889 bits per heavy atom. The first-order valence-electron chi connectivity index (χ1n) is 7.21. The Morgan fingerprint density at radius 3 is 1.61 bits per heavy atom. The van der Waals surface area contributed by atoms with Crippen LogP contribution in [-0.4, -0.2) is 6.61 Å². The van der Waals surface area contributed by atoms with Crippen molar-refractivity contribution in [2.45, 2.75) is 65.4 Å². The molecular weight excluding hydrogens is 220 g/mol. The summed E-state index contributed by atoms with van der Waals surface area (Å²) in [7, 11) is 0. The molecule has 2 rings (SSSR count). The van der Waals surface area contributed by atoms with E-state index in [1.165, 1.54) is 22.3 Å². The second-order valence-corrected chi connectivity index (χ2v) is 6.40. The van der Waals surface area contributed by atoms with Gasteiger partial charge in [-0.1, -0.05) is 53.7 Å². The number of epoxide rings is 1. The van der Waals surface area contributed by atoms with E-state index >= 15 is 0 Å². The quantitative estimate of drug-likeness (QED) is 0.671. The van der Waals surface area contributed by atoms with Crippen LogP contribution in [-0.2, 0) is 4.74 Å². The summed E-state index contributed by atoms with van der Waals surface area (Å²) in [5, 5.41) is 0. The molecule has 1 heterocycles. The molecule has 1 aliphatic rings. The van der Waals surface area contributed by atoms with Crippen LogP contribution in [0.4, 0.5) is 0 Å². The van der Waals surface area contributed by atoms with Crippen molar-refractivity contribution < 1.29 is 4.74 Å². The van der Waals surface area contributed by atoms with Gasteiger partial charge in [0.2, 0.25) is 0 Å². The molecule has 1 nitrogen and oxygen atoms in total. The first-order valence-corrected chi connectivity index (χ1v) is 7.21. The predicted molar refractivity (Wildman–Crippen MR) is 77.4 cm³/mol. The molecule has 100 valence electrons. The third-order valence-electron chi connectivity index (χ3n) is 3.83. The zero-order valence-corrected chi connectivity index (χ0v) is 12.6. The smallest absolute Gasteiger partial charge is 0.107 e. The van der Waals surface area contributed by atoms with E-state index in [9.17, 15) is 0 Å². The van der Waals surface area contributed by atoms with Crippen LogP contribution < -0.4 is 0 Å². The van der Waals surface area contributed by atoms with Gasteiger partial charge < -0.3 is 4.74 Å². The number of rotatable bonds is 4. The average molecular weight is 246 g/mol. The average Bonchev–Trinajstić information content (AvgIpc) is 3.10. The normalized spacial score (nSPS) is 19.1. The molecule has 1 fully saturated rings. The first-order chi connectivity index (χ1) is 8.41. The lowest BCUT2D eigenvalue weighted by Crippen LogP contribution is -2.06. The third kappa shape index (κ3) is 2.61. The highest BCUT2D eigenvalue weighted by atomic mass is 16.6. The number of ether oxygens (including phenoxy) is 1. The molecule has 1 aliphatic heterocycles. The molecule has 1 unspecified atom stereocenters. The highest BCUT2D eigenvalue weighted by Crippen LogP contribution is 2.41. The summed E-state index contributed by atoms with van der Waals surface area (Å²) in [6, 6.07) is 4.80. The Kier molecular flexibility index (Phi) is 3.82. The minimum atomic E-state index is 0.362. The fourth-order valence-corrected chi connectivity index (χ4v) is 2.60. The molecule has 1 atom stereocenters. The zero-order valence-electron chi connectivity index (χ0n) is 12.6. The molecule has 0 saturated carbocycles. The van der Waals surface area contributed by atoms with Gasteiger partial charge in [0.25, 0.3) is 0 Å².